The van der Waals surface area contributed by atoms with Gasteiger partial charge in [0.1, 0.15) is 6.10 Å². The van der Waals surface area contributed by atoms with Crippen molar-refractivity contribution in [3.63, 3.8) is 0 Å². The lowest BCUT2D eigenvalue weighted by Crippen LogP contribution is -2.39. The second-order valence-corrected chi connectivity index (χ2v) is 6.85. The molecule has 1 saturated heterocycles. The second kappa shape index (κ2) is 5.58. The van der Waals surface area contributed by atoms with E-state index in [2.05, 4.69) is 29.0 Å². The third kappa shape index (κ3) is 2.79. The smallest absolute Gasteiger partial charge is 0.213 e. The summed E-state index contributed by atoms with van der Waals surface area (Å²) in [6.07, 6.45) is 6.71. The number of hydrogen-bond acceptors (Lipinski definition) is 4. The summed E-state index contributed by atoms with van der Waals surface area (Å²) in [5, 5.41) is 0. The highest BCUT2D eigenvalue weighted by molar-refractivity contribution is 5.28. The summed E-state index contributed by atoms with van der Waals surface area (Å²) in [6, 6.07) is 5.10. The fraction of sp³-hybridized carbons (Fsp3) is 0.706. The molecule has 21 heavy (non-hydrogen) atoms. The molecule has 0 bridgehead atoms. The third-order valence-electron chi connectivity index (χ3n) is 5.27. The van der Waals surface area contributed by atoms with Gasteiger partial charge in [-0.15, -0.1) is 0 Å². The minimum Gasteiger partial charge on any atom is -0.473 e. The van der Waals surface area contributed by atoms with Gasteiger partial charge in [0.2, 0.25) is 5.88 Å². The number of hydrogen-bond donors (Lipinski definition) is 0. The molecule has 2 aliphatic heterocycles. The van der Waals surface area contributed by atoms with Crippen LogP contribution in [0.15, 0.2) is 12.1 Å². The number of nitrogens with zero attached hydrogens (tertiary/aromatic N) is 3. The average molecular weight is 287 g/mol. The molecule has 0 aromatic carbocycles. The first-order valence-electron chi connectivity index (χ1n) is 8.36. The van der Waals surface area contributed by atoms with Crippen LogP contribution in [0.4, 0.5) is 0 Å². The fourth-order valence-electron chi connectivity index (χ4n) is 3.71. The zero-order chi connectivity index (χ0) is 14.2. The van der Waals surface area contributed by atoms with E-state index in [4.69, 9.17) is 9.72 Å². The van der Waals surface area contributed by atoms with Crippen molar-refractivity contribution in [3.8, 4) is 5.88 Å². The van der Waals surface area contributed by atoms with Gasteiger partial charge < -0.3 is 9.64 Å². The normalized spacial score (nSPS) is 27.4. The summed E-state index contributed by atoms with van der Waals surface area (Å²) >= 11 is 0. The van der Waals surface area contributed by atoms with Gasteiger partial charge in [0.05, 0.1) is 5.69 Å². The molecule has 0 amide bonds. The molecule has 4 nitrogen and oxygen atoms in total. The Morgan fingerprint density at radius 2 is 2.10 bits per heavy atom. The summed E-state index contributed by atoms with van der Waals surface area (Å²) in [5.74, 6) is 0.832. The highest BCUT2D eigenvalue weighted by Gasteiger charge is 2.32. The molecule has 1 saturated carbocycles. The zero-order valence-corrected chi connectivity index (χ0v) is 12.9. The number of pyridine rings is 1. The van der Waals surface area contributed by atoms with E-state index in [9.17, 15) is 0 Å². The number of likely N-dealkylation sites (N-methyl/N-ethyl adjacent to an activating group) is 1. The Labute approximate surface area is 127 Å². The molecule has 0 spiro atoms. The Bertz CT molecular complexity index is 515. The SMILES string of the molecule is CN1CCc2nc(O[C@H]3CCN(C4CCC4)C3)ccc2C1. The second-order valence-electron chi connectivity index (χ2n) is 6.85. The third-order valence-corrected chi connectivity index (χ3v) is 5.27. The van der Waals surface area contributed by atoms with E-state index in [1.54, 1.807) is 0 Å². The van der Waals surface area contributed by atoms with Crippen LogP contribution in [-0.4, -0.2) is 53.6 Å². The van der Waals surface area contributed by atoms with Gasteiger partial charge in [-0.25, -0.2) is 4.98 Å². The Balaban J connectivity index is 1.39. The van der Waals surface area contributed by atoms with Crippen molar-refractivity contribution in [2.45, 2.75) is 50.8 Å². The van der Waals surface area contributed by atoms with Crippen molar-refractivity contribution in [1.82, 2.24) is 14.8 Å². The predicted octanol–water partition coefficient (Wildman–Crippen LogP) is 2.08. The lowest BCUT2D eigenvalue weighted by Gasteiger charge is -2.34. The summed E-state index contributed by atoms with van der Waals surface area (Å²) in [6.45, 7) is 4.40. The maximum atomic E-state index is 6.15. The first-order valence-corrected chi connectivity index (χ1v) is 8.36. The summed E-state index contributed by atoms with van der Waals surface area (Å²) in [7, 11) is 2.17. The molecule has 114 valence electrons. The minimum atomic E-state index is 0.336. The number of ether oxygens (including phenoxy) is 1. The van der Waals surface area contributed by atoms with Crippen molar-refractivity contribution in [3.05, 3.63) is 23.4 Å². The van der Waals surface area contributed by atoms with Crippen LogP contribution in [0.1, 0.15) is 36.9 Å². The molecule has 1 aromatic rings. The highest BCUT2D eigenvalue weighted by Crippen LogP contribution is 2.29. The van der Waals surface area contributed by atoms with E-state index in [0.29, 0.717) is 6.10 Å². The quantitative estimate of drug-likeness (QED) is 0.851. The van der Waals surface area contributed by atoms with Gasteiger partial charge in [0, 0.05) is 44.7 Å². The standard InChI is InChI=1S/C17H25N3O/c1-19-9-8-16-13(11-19)5-6-17(18-16)21-15-7-10-20(12-15)14-3-2-4-14/h5-6,14-15H,2-4,7-12H2,1H3/t15-/m0/s1. The highest BCUT2D eigenvalue weighted by atomic mass is 16.5. The number of fused-ring (bicyclic) bond motifs is 1. The lowest BCUT2D eigenvalue weighted by molar-refractivity contribution is 0.131. The van der Waals surface area contributed by atoms with Crippen LogP contribution in [0, 0.1) is 0 Å². The van der Waals surface area contributed by atoms with Crippen LogP contribution in [0.25, 0.3) is 0 Å². The molecular formula is C17H25N3O. The van der Waals surface area contributed by atoms with E-state index in [-0.39, 0.29) is 0 Å². The van der Waals surface area contributed by atoms with Gasteiger partial charge in [-0.3, -0.25) is 4.90 Å². The molecule has 0 N–H and O–H groups in total. The van der Waals surface area contributed by atoms with Crippen LogP contribution < -0.4 is 4.74 Å². The monoisotopic (exact) mass is 287 g/mol. The molecular weight excluding hydrogens is 262 g/mol. The number of rotatable bonds is 3. The fourth-order valence-corrected chi connectivity index (χ4v) is 3.71. The molecule has 0 unspecified atom stereocenters. The van der Waals surface area contributed by atoms with Crippen LogP contribution in [-0.2, 0) is 13.0 Å². The topological polar surface area (TPSA) is 28.6 Å². The van der Waals surface area contributed by atoms with Crippen LogP contribution in [0.2, 0.25) is 0 Å². The van der Waals surface area contributed by atoms with Crippen LogP contribution >= 0.6 is 0 Å². The molecule has 0 radical (unpaired) electrons. The molecule has 4 heteroatoms. The summed E-state index contributed by atoms with van der Waals surface area (Å²) in [5.41, 5.74) is 2.60. The van der Waals surface area contributed by atoms with E-state index in [1.807, 2.05) is 0 Å². The van der Waals surface area contributed by atoms with E-state index in [1.165, 1.54) is 37.1 Å². The van der Waals surface area contributed by atoms with Gasteiger partial charge in [-0.1, -0.05) is 12.5 Å². The van der Waals surface area contributed by atoms with Gasteiger partial charge in [-0.05, 0) is 31.9 Å². The average Bonchev–Trinajstić information content (AvgIpc) is 2.85. The lowest BCUT2D eigenvalue weighted by atomic mass is 9.92. The van der Waals surface area contributed by atoms with Gasteiger partial charge in [-0.2, -0.15) is 0 Å². The molecule has 1 aliphatic carbocycles. The summed E-state index contributed by atoms with van der Waals surface area (Å²) < 4.78 is 6.15. The van der Waals surface area contributed by atoms with Crippen molar-refractivity contribution < 1.29 is 4.74 Å². The molecule has 1 atom stereocenters. The molecule has 3 heterocycles. The van der Waals surface area contributed by atoms with Gasteiger partial charge in [0.15, 0.2) is 0 Å². The minimum absolute atomic E-state index is 0.336. The van der Waals surface area contributed by atoms with Crippen molar-refractivity contribution in [1.29, 1.82) is 0 Å². The Morgan fingerprint density at radius 1 is 1.19 bits per heavy atom. The predicted molar refractivity (Wildman–Crippen MR) is 82.5 cm³/mol. The van der Waals surface area contributed by atoms with Gasteiger partial charge >= 0.3 is 0 Å². The maximum absolute atomic E-state index is 6.15. The molecule has 2 fully saturated rings. The largest absolute Gasteiger partial charge is 0.473 e. The van der Waals surface area contributed by atoms with Crippen molar-refractivity contribution >= 4 is 0 Å². The van der Waals surface area contributed by atoms with Crippen molar-refractivity contribution in [2.24, 2.45) is 0 Å². The Morgan fingerprint density at radius 3 is 2.90 bits per heavy atom. The van der Waals surface area contributed by atoms with Crippen LogP contribution in [0.3, 0.4) is 0 Å². The Kier molecular flexibility index (Phi) is 3.59. The maximum Gasteiger partial charge on any atom is 0.213 e. The first-order chi connectivity index (χ1) is 10.3. The molecule has 4 rings (SSSR count). The zero-order valence-electron chi connectivity index (χ0n) is 12.9. The number of likely N-dealkylation sites (tertiary alicyclic amines) is 1. The summed E-state index contributed by atoms with van der Waals surface area (Å²) in [4.78, 5) is 9.71. The molecule has 3 aliphatic rings. The number of aromatic nitrogens is 1. The van der Waals surface area contributed by atoms with E-state index >= 15 is 0 Å². The molecule has 1 aromatic heterocycles. The van der Waals surface area contributed by atoms with Gasteiger partial charge in [0.25, 0.3) is 0 Å². The van der Waals surface area contributed by atoms with Crippen molar-refractivity contribution in [2.75, 3.05) is 26.7 Å². The van der Waals surface area contributed by atoms with E-state index < -0.39 is 0 Å². The van der Waals surface area contributed by atoms with E-state index in [0.717, 1.165) is 44.4 Å². The Hall–Kier alpha value is -1.13. The first kappa shape index (κ1) is 13.5. The van der Waals surface area contributed by atoms with Crippen LogP contribution in [0.5, 0.6) is 5.88 Å².